The number of nitrogens with one attached hydrogen (secondary N) is 1. The van der Waals surface area contributed by atoms with Gasteiger partial charge in [0.2, 0.25) is 0 Å². The summed E-state index contributed by atoms with van der Waals surface area (Å²) in [5.74, 6) is 0.0635. The van der Waals surface area contributed by atoms with Crippen molar-refractivity contribution in [3.63, 3.8) is 0 Å². The van der Waals surface area contributed by atoms with E-state index in [2.05, 4.69) is 9.82 Å². The fraction of sp³-hybridized carbons (Fsp3) is 0.0455. The van der Waals surface area contributed by atoms with Gasteiger partial charge in [-0.25, -0.2) is 8.42 Å². The molecule has 3 aromatic carbocycles. The van der Waals surface area contributed by atoms with Gasteiger partial charge < -0.3 is 5.11 Å². The first-order valence-corrected chi connectivity index (χ1v) is 10.5. The van der Waals surface area contributed by atoms with Crippen LogP contribution >= 0.6 is 0 Å². The third-order valence-corrected chi connectivity index (χ3v) is 5.75. The van der Waals surface area contributed by atoms with E-state index in [0.29, 0.717) is 23.5 Å². The highest BCUT2D eigenvalue weighted by Gasteiger charge is 2.24. The average Bonchev–Trinajstić information content (AvgIpc) is 3.16. The van der Waals surface area contributed by atoms with Gasteiger partial charge in [0.1, 0.15) is 16.3 Å². The Balaban J connectivity index is 1.74. The van der Waals surface area contributed by atoms with E-state index in [0.717, 1.165) is 5.56 Å². The molecule has 29 heavy (non-hydrogen) atoms. The summed E-state index contributed by atoms with van der Waals surface area (Å²) in [6.45, 7) is 0.454. The summed E-state index contributed by atoms with van der Waals surface area (Å²) in [6.07, 6.45) is 1.54. The van der Waals surface area contributed by atoms with Crippen molar-refractivity contribution in [1.29, 1.82) is 0 Å². The highest BCUT2D eigenvalue weighted by molar-refractivity contribution is 7.92. The fourth-order valence-corrected chi connectivity index (χ4v) is 4.22. The van der Waals surface area contributed by atoms with Crippen molar-refractivity contribution in [3.05, 3.63) is 96.7 Å². The number of phenols is 1. The van der Waals surface area contributed by atoms with E-state index in [1.165, 1.54) is 30.5 Å². The van der Waals surface area contributed by atoms with E-state index in [-0.39, 0.29) is 10.6 Å². The van der Waals surface area contributed by atoms with Crippen LogP contribution in [0.4, 0.5) is 5.69 Å². The predicted molar refractivity (Wildman–Crippen MR) is 112 cm³/mol. The Labute approximate surface area is 169 Å². The Morgan fingerprint density at radius 3 is 2.14 bits per heavy atom. The summed E-state index contributed by atoms with van der Waals surface area (Å²) < 4.78 is 30.4. The van der Waals surface area contributed by atoms with Crippen LogP contribution in [0.15, 0.2) is 96.0 Å². The van der Waals surface area contributed by atoms with Gasteiger partial charge in [-0.3, -0.25) is 9.40 Å². The van der Waals surface area contributed by atoms with E-state index in [1.807, 2.05) is 60.7 Å². The zero-order valence-electron chi connectivity index (χ0n) is 15.4. The van der Waals surface area contributed by atoms with Gasteiger partial charge >= 0.3 is 0 Å². The molecule has 4 rings (SSSR count). The van der Waals surface area contributed by atoms with Gasteiger partial charge in [-0.15, -0.1) is 0 Å². The minimum absolute atomic E-state index is 0.0635. The molecule has 1 heterocycles. The van der Waals surface area contributed by atoms with Crippen LogP contribution < -0.4 is 4.72 Å². The van der Waals surface area contributed by atoms with E-state index in [4.69, 9.17) is 0 Å². The minimum atomic E-state index is -3.89. The molecule has 0 bridgehead atoms. The lowest BCUT2D eigenvalue weighted by Gasteiger charge is -2.08. The summed E-state index contributed by atoms with van der Waals surface area (Å²) in [6, 6.07) is 24.8. The van der Waals surface area contributed by atoms with Crippen LogP contribution in [0.25, 0.3) is 11.3 Å². The van der Waals surface area contributed by atoms with Gasteiger partial charge in [-0.1, -0.05) is 60.7 Å². The third kappa shape index (κ3) is 4.30. The highest BCUT2D eigenvalue weighted by atomic mass is 32.2. The monoisotopic (exact) mass is 405 g/mol. The Kier molecular flexibility index (Phi) is 5.05. The molecule has 146 valence electrons. The van der Waals surface area contributed by atoms with Crippen LogP contribution in [0.5, 0.6) is 5.75 Å². The smallest absolute Gasteiger partial charge is 0.265 e. The molecule has 6 nitrogen and oxygen atoms in total. The molecule has 0 aliphatic rings. The number of benzene rings is 3. The number of aromatic hydroxyl groups is 1. The predicted octanol–water partition coefficient (Wildman–Crippen LogP) is 4.10. The zero-order valence-corrected chi connectivity index (χ0v) is 16.3. The highest BCUT2D eigenvalue weighted by Crippen LogP contribution is 2.28. The number of anilines is 1. The van der Waals surface area contributed by atoms with Crippen molar-refractivity contribution in [2.24, 2.45) is 0 Å². The molecule has 0 spiro atoms. The molecule has 0 atom stereocenters. The number of nitrogens with zero attached hydrogens (tertiary/aromatic N) is 2. The Morgan fingerprint density at radius 2 is 1.48 bits per heavy atom. The molecule has 2 N–H and O–H groups in total. The second-order valence-electron chi connectivity index (χ2n) is 6.54. The van der Waals surface area contributed by atoms with E-state index in [1.54, 1.807) is 4.68 Å². The second-order valence-corrected chi connectivity index (χ2v) is 8.19. The first-order valence-electron chi connectivity index (χ1n) is 9.00. The Morgan fingerprint density at radius 1 is 0.862 bits per heavy atom. The van der Waals surface area contributed by atoms with Crippen molar-refractivity contribution in [2.45, 2.75) is 11.4 Å². The molecule has 0 saturated carbocycles. The average molecular weight is 405 g/mol. The lowest BCUT2D eigenvalue weighted by atomic mass is 10.2. The first kappa shape index (κ1) is 18.8. The molecule has 0 amide bonds. The molecule has 0 radical (unpaired) electrons. The summed E-state index contributed by atoms with van der Waals surface area (Å²) in [4.78, 5) is 0.0905. The normalized spacial score (nSPS) is 11.3. The SMILES string of the molecule is O=S(=O)(Nc1ccc(O)cc1)c1cn(Cc2ccccc2)nc1-c1ccccc1. The lowest BCUT2D eigenvalue weighted by Crippen LogP contribution is -2.13. The van der Waals surface area contributed by atoms with Gasteiger partial charge in [-0.2, -0.15) is 5.10 Å². The van der Waals surface area contributed by atoms with Gasteiger partial charge in [0, 0.05) is 17.4 Å². The number of hydrogen-bond acceptors (Lipinski definition) is 4. The molecule has 0 saturated heterocycles. The number of phenolic OH excluding ortho intramolecular Hbond substituents is 1. The number of hydrogen-bond donors (Lipinski definition) is 2. The van der Waals surface area contributed by atoms with E-state index < -0.39 is 10.0 Å². The lowest BCUT2D eigenvalue weighted by molar-refractivity contribution is 0.475. The quantitative estimate of drug-likeness (QED) is 0.473. The van der Waals surface area contributed by atoms with Crippen molar-refractivity contribution in [3.8, 4) is 17.0 Å². The van der Waals surface area contributed by atoms with Gasteiger partial charge in [0.15, 0.2) is 0 Å². The number of aromatic nitrogens is 2. The molecule has 7 heteroatoms. The van der Waals surface area contributed by atoms with Crippen LogP contribution in [0.2, 0.25) is 0 Å². The molecular formula is C22H19N3O3S. The standard InChI is InChI=1S/C22H19N3O3S/c26-20-13-11-19(12-14-20)24-29(27,28)21-16-25(15-17-7-3-1-4-8-17)23-22(21)18-9-5-2-6-10-18/h1-14,16,24,26H,15H2. The topological polar surface area (TPSA) is 84.2 Å². The summed E-state index contributed by atoms with van der Waals surface area (Å²) in [5.41, 5.74) is 2.47. The van der Waals surface area contributed by atoms with Crippen LogP contribution in [0, 0.1) is 0 Å². The summed E-state index contributed by atoms with van der Waals surface area (Å²) >= 11 is 0. The maximum atomic E-state index is 13.1. The molecule has 4 aromatic rings. The van der Waals surface area contributed by atoms with Crippen molar-refractivity contribution in [2.75, 3.05) is 4.72 Å². The van der Waals surface area contributed by atoms with E-state index in [9.17, 15) is 13.5 Å². The molecule has 0 aliphatic carbocycles. The van der Waals surface area contributed by atoms with Crippen molar-refractivity contribution >= 4 is 15.7 Å². The minimum Gasteiger partial charge on any atom is -0.508 e. The number of sulfonamides is 1. The first-order chi connectivity index (χ1) is 14.0. The maximum Gasteiger partial charge on any atom is 0.265 e. The van der Waals surface area contributed by atoms with Gasteiger partial charge in [0.25, 0.3) is 10.0 Å². The Hall–Kier alpha value is -3.58. The van der Waals surface area contributed by atoms with Crippen molar-refractivity contribution < 1.29 is 13.5 Å². The molecule has 1 aromatic heterocycles. The van der Waals surface area contributed by atoms with Crippen LogP contribution in [-0.4, -0.2) is 23.3 Å². The molecule has 0 aliphatic heterocycles. The van der Waals surface area contributed by atoms with Gasteiger partial charge in [0.05, 0.1) is 6.54 Å². The summed E-state index contributed by atoms with van der Waals surface area (Å²) in [7, 11) is -3.89. The molecular weight excluding hydrogens is 386 g/mol. The fourth-order valence-electron chi connectivity index (χ4n) is 2.99. The van der Waals surface area contributed by atoms with Crippen molar-refractivity contribution in [1.82, 2.24) is 9.78 Å². The summed E-state index contributed by atoms with van der Waals surface area (Å²) in [5, 5.41) is 14.0. The van der Waals surface area contributed by atoms with E-state index >= 15 is 0 Å². The second kappa shape index (κ2) is 7.81. The van der Waals surface area contributed by atoms with Crippen LogP contribution in [0.3, 0.4) is 0 Å². The molecule has 0 unspecified atom stereocenters. The number of rotatable bonds is 6. The Bertz CT molecular complexity index is 1200. The van der Waals surface area contributed by atoms with Crippen LogP contribution in [-0.2, 0) is 16.6 Å². The largest absolute Gasteiger partial charge is 0.508 e. The zero-order chi connectivity index (χ0) is 20.3. The van der Waals surface area contributed by atoms with Gasteiger partial charge in [-0.05, 0) is 29.8 Å². The third-order valence-electron chi connectivity index (χ3n) is 4.37. The maximum absolute atomic E-state index is 13.1. The molecule has 0 fully saturated rings. The van der Waals surface area contributed by atoms with Crippen LogP contribution in [0.1, 0.15) is 5.56 Å².